The van der Waals surface area contributed by atoms with Crippen molar-refractivity contribution < 1.29 is 34.7 Å². The smallest absolute Gasteiger partial charge is 0.201 e. The number of benzene rings is 2. The molecule has 0 spiro atoms. The van der Waals surface area contributed by atoms with Crippen molar-refractivity contribution in [3.63, 3.8) is 0 Å². The van der Waals surface area contributed by atoms with Gasteiger partial charge in [0.1, 0.15) is 5.78 Å². The van der Waals surface area contributed by atoms with Gasteiger partial charge in [-0.15, -0.1) is 0 Å². The number of carbonyl (C=O) groups excluding carboxylic acids is 1. The summed E-state index contributed by atoms with van der Waals surface area (Å²) in [7, 11) is 5.12. The molecule has 6 N–H and O–H groups in total. The molecule has 0 amide bonds. The number of carbonyl (C=O) groups is 1. The summed E-state index contributed by atoms with van der Waals surface area (Å²) < 4.78 is 11.7. The maximum Gasteiger partial charge on any atom is 0.201 e. The van der Waals surface area contributed by atoms with Crippen molar-refractivity contribution in [1.82, 2.24) is 10.6 Å². The zero-order chi connectivity index (χ0) is 34.7. The van der Waals surface area contributed by atoms with Crippen molar-refractivity contribution in [3.05, 3.63) is 46.0 Å². The second-order valence-electron chi connectivity index (χ2n) is 13.8. The average molecular weight is 710 g/mol. The molecule has 4 bridgehead atoms. The molecule has 4 aliphatic rings. The standard InChI is InChI=1S/C37H47N3O7S2/c1-20(2)31-19-49-48-18-29(30-13-14-38-37(39-30)40-31)28-17-27-22-8-11-25(42)16-24(41)10-7-21-9-12-32(43)34(46-3)26(21)6-4-5-23(15-22)33(44)35(27)47-36(28)45/h9,12,15,20,25,28-31,36,42-45H,5,7-8,10-11,13-14,16-19H2,1-3H3,(H2,38,39,40)/t25-,28-,29+,30+,31+,36+/m1/s1. The third-order valence-corrected chi connectivity index (χ3v) is 12.7. The number of hydrogen-bond acceptors (Lipinski definition) is 12. The van der Waals surface area contributed by atoms with Crippen LogP contribution < -0.4 is 20.1 Å². The van der Waals surface area contributed by atoms with Crippen molar-refractivity contribution in [2.75, 3.05) is 25.2 Å². The molecule has 0 unspecified atom stereocenters. The molecule has 6 atom stereocenters. The molecule has 0 radical (unpaired) electrons. The Bertz CT molecular complexity index is 1640. The summed E-state index contributed by atoms with van der Waals surface area (Å²) in [4.78, 5) is 17.7. The monoisotopic (exact) mass is 709 g/mol. The topological polar surface area (TPSA) is 153 Å². The van der Waals surface area contributed by atoms with E-state index in [0.29, 0.717) is 55.3 Å². The molecule has 264 valence electrons. The highest BCUT2D eigenvalue weighted by Crippen LogP contribution is 2.46. The van der Waals surface area contributed by atoms with E-state index in [1.54, 1.807) is 6.07 Å². The first-order valence-corrected chi connectivity index (χ1v) is 19.7. The average Bonchev–Trinajstić information content (AvgIpc) is 3.08. The largest absolute Gasteiger partial charge is 0.504 e. The number of Topliss-reactive ketones (excluding diaryl/α,β-unsaturated/α-hetero) is 1. The van der Waals surface area contributed by atoms with Gasteiger partial charge in [0.2, 0.25) is 6.29 Å². The number of aliphatic imine (C=N–C) groups is 1. The predicted molar refractivity (Wildman–Crippen MR) is 193 cm³/mol. The third kappa shape index (κ3) is 8.06. The molecule has 3 heterocycles. The third-order valence-electron chi connectivity index (χ3n) is 10.2. The van der Waals surface area contributed by atoms with Crippen LogP contribution in [-0.4, -0.2) is 81.8 Å². The lowest BCUT2D eigenvalue weighted by molar-refractivity contribution is -0.121. The Hall–Kier alpha value is -3.24. The minimum absolute atomic E-state index is 0.0289. The molecule has 6 rings (SSSR count). The fourth-order valence-corrected chi connectivity index (χ4v) is 10.2. The SMILES string of the molecule is COc1c(O)ccc2c1C#CCc1cc(c3c(c1O)O[C@H](O)[C@@H]([C@@H]1CSSC[C@@H](C(C)C)NC4=NCC[C@@H]1N4)C3)CC[C@@H](O)CC(=O)CC2. The minimum Gasteiger partial charge on any atom is -0.504 e. The number of aryl methyl sites for hydroxylation is 2. The number of guanidine groups is 1. The number of fused-ring (bicyclic) bond motifs is 7. The van der Waals surface area contributed by atoms with E-state index in [9.17, 15) is 25.2 Å². The fourth-order valence-electron chi connectivity index (χ4n) is 7.25. The second-order valence-corrected chi connectivity index (χ2v) is 16.3. The number of nitrogens with zero attached hydrogens (tertiary/aromatic N) is 1. The van der Waals surface area contributed by atoms with Crippen LogP contribution in [0.25, 0.3) is 0 Å². The summed E-state index contributed by atoms with van der Waals surface area (Å²) in [5.74, 6) is 9.39. The summed E-state index contributed by atoms with van der Waals surface area (Å²) in [5, 5.41) is 51.8. The summed E-state index contributed by atoms with van der Waals surface area (Å²) >= 11 is 0. The van der Waals surface area contributed by atoms with Crippen molar-refractivity contribution >= 4 is 33.3 Å². The normalized spacial score (nSPS) is 27.6. The van der Waals surface area contributed by atoms with Gasteiger partial charge in [-0.05, 0) is 61.1 Å². The van der Waals surface area contributed by atoms with Crippen LogP contribution in [0.4, 0.5) is 0 Å². The van der Waals surface area contributed by atoms with Gasteiger partial charge in [-0.3, -0.25) is 9.79 Å². The molecular formula is C37H47N3O7S2. The van der Waals surface area contributed by atoms with Crippen LogP contribution in [0.2, 0.25) is 0 Å². The lowest BCUT2D eigenvalue weighted by Gasteiger charge is -2.42. The minimum atomic E-state index is -1.14. The molecule has 2 aromatic carbocycles. The molecule has 3 aliphatic heterocycles. The number of ether oxygens (including phenoxy) is 2. The molecule has 0 aromatic heterocycles. The van der Waals surface area contributed by atoms with E-state index in [2.05, 4.69) is 36.3 Å². The molecule has 49 heavy (non-hydrogen) atoms. The van der Waals surface area contributed by atoms with E-state index in [-0.39, 0.29) is 65.9 Å². The Morgan fingerprint density at radius 1 is 1.00 bits per heavy atom. The first kappa shape index (κ1) is 35.6. The van der Waals surface area contributed by atoms with Crippen molar-refractivity contribution in [1.29, 1.82) is 0 Å². The van der Waals surface area contributed by atoms with Crippen LogP contribution in [0.1, 0.15) is 67.3 Å². The number of ketones is 1. The Kier molecular flexibility index (Phi) is 11.4. The Morgan fingerprint density at radius 2 is 1.82 bits per heavy atom. The van der Waals surface area contributed by atoms with Crippen molar-refractivity contribution in [2.24, 2.45) is 22.7 Å². The van der Waals surface area contributed by atoms with Gasteiger partial charge < -0.3 is 40.5 Å². The number of methoxy groups -OCH3 is 1. The summed E-state index contributed by atoms with van der Waals surface area (Å²) in [5.41, 5.74) is 3.51. The van der Waals surface area contributed by atoms with Gasteiger partial charge in [-0.1, -0.05) is 59.4 Å². The van der Waals surface area contributed by atoms with Gasteiger partial charge >= 0.3 is 0 Å². The number of phenolic OH excluding ortho intramolecular Hbond substituents is 2. The Morgan fingerprint density at radius 3 is 2.61 bits per heavy atom. The first-order chi connectivity index (χ1) is 23.6. The molecule has 1 saturated heterocycles. The second kappa shape index (κ2) is 15.8. The lowest BCUT2D eigenvalue weighted by atomic mass is 9.78. The molecule has 12 heteroatoms. The van der Waals surface area contributed by atoms with E-state index < -0.39 is 12.4 Å². The highest BCUT2D eigenvalue weighted by atomic mass is 33.1. The molecular weight excluding hydrogens is 663 g/mol. The number of nitrogens with one attached hydrogen (secondary N) is 2. The quantitative estimate of drug-likeness (QED) is 0.202. The molecule has 1 fully saturated rings. The van der Waals surface area contributed by atoms with E-state index in [1.807, 2.05) is 27.7 Å². The van der Waals surface area contributed by atoms with Gasteiger partial charge in [-0.2, -0.15) is 0 Å². The van der Waals surface area contributed by atoms with E-state index >= 15 is 0 Å². The van der Waals surface area contributed by atoms with Gasteiger partial charge in [0.05, 0.1) is 18.8 Å². The van der Waals surface area contributed by atoms with Crippen molar-refractivity contribution in [3.8, 4) is 34.8 Å². The first-order valence-electron chi connectivity index (χ1n) is 17.2. The number of phenols is 2. The maximum absolute atomic E-state index is 12.9. The van der Waals surface area contributed by atoms with E-state index in [4.69, 9.17) is 14.5 Å². The van der Waals surface area contributed by atoms with Gasteiger partial charge in [0, 0.05) is 66.4 Å². The number of rotatable bonds is 3. The van der Waals surface area contributed by atoms with Crippen LogP contribution in [0.15, 0.2) is 23.2 Å². The van der Waals surface area contributed by atoms with E-state index in [0.717, 1.165) is 40.6 Å². The lowest BCUT2D eigenvalue weighted by Crippen LogP contribution is -2.57. The molecule has 2 aromatic rings. The number of aliphatic hydroxyl groups is 2. The fraction of sp³-hybridized carbons (Fsp3) is 0.568. The van der Waals surface area contributed by atoms with Crippen LogP contribution in [0.5, 0.6) is 23.0 Å². The summed E-state index contributed by atoms with van der Waals surface area (Å²) in [6, 6.07) is 5.56. The van der Waals surface area contributed by atoms with Gasteiger partial charge in [0.25, 0.3) is 0 Å². The van der Waals surface area contributed by atoms with E-state index in [1.165, 1.54) is 13.2 Å². The summed E-state index contributed by atoms with van der Waals surface area (Å²) in [6.45, 7) is 5.12. The van der Waals surface area contributed by atoms with Crippen LogP contribution in [-0.2, 0) is 30.5 Å². The zero-order valence-electron chi connectivity index (χ0n) is 28.3. The maximum atomic E-state index is 12.9. The Balaban J connectivity index is 1.33. The van der Waals surface area contributed by atoms with Crippen LogP contribution in [0.3, 0.4) is 0 Å². The highest BCUT2D eigenvalue weighted by Gasteiger charge is 2.42. The van der Waals surface area contributed by atoms with Gasteiger partial charge in [-0.25, -0.2) is 0 Å². The van der Waals surface area contributed by atoms with Crippen molar-refractivity contribution in [2.45, 2.75) is 89.7 Å². The molecule has 10 nitrogen and oxygen atoms in total. The highest BCUT2D eigenvalue weighted by molar-refractivity contribution is 8.76. The van der Waals surface area contributed by atoms with Gasteiger partial charge in [0.15, 0.2) is 29.0 Å². The molecule has 1 aliphatic carbocycles. The van der Waals surface area contributed by atoms with Crippen LogP contribution in [0, 0.1) is 29.6 Å². The number of aromatic hydroxyl groups is 2. The molecule has 0 saturated carbocycles. The number of hydrogen-bond donors (Lipinski definition) is 6. The van der Waals surface area contributed by atoms with Crippen LogP contribution >= 0.6 is 21.6 Å². The summed E-state index contributed by atoms with van der Waals surface area (Å²) in [6.07, 6.45) is 1.01. The number of aliphatic hydroxyl groups excluding tert-OH is 2. The Labute approximate surface area is 296 Å². The predicted octanol–water partition coefficient (Wildman–Crippen LogP) is 4.11. The zero-order valence-corrected chi connectivity index (χ0v) is 30.0.